The minimum Gasteiger partial charge on any atom is -0.370 e. The van der Waals surface area contributed by atoms with Crippen LogP contribution in [-0.4, -0.2) is 29.9 Å². The van der Waals surface area contributed by atoms with Gasteiger partial charge >= 0.3 is 0 Å². The van der Waals surface area contributed by atoms with Gasteiger partial charge in [-0.3, -0.25) is 9.79 Å². The highest BCUT2D eigenvalue weighted by atomic mass is 32.2. The minimum atomic E-state index is -0.215. The average Bonchev–Trinajstić information content (AvgIpc) is 2.55. The lowest BCUT2D eigenvalue weighted by molar-refractivity contribution is -0.118. The van der Waals surface area contributed by atoms with Crippen LogP contribution in [0.2, 0.25) is 0 Å². The van der Waals surface area contributed by atoms with Crippen molar-refractivity contribution in [2.24, 2.45) is 10.7 Å². The molecule has 13 heavy (non-hydrogen) atoms. The molecule has 0 saturated carbocycles. The Bertz CT molecular complexity index is 206. The van der Waals surface area contributed by atoms with Crippen molar-refractivity contribution in [2.45, 2.75) is 19.3 Å². The summed E-state index contributed by atoms with van der Waals surface area (Å²) in [6, 6.07) is 0. The maximum atomic E-state index is 10.4. The zero-order valence-electron chi connectivity index (χ0n) is 7.58. The molecule has 74 valence electrons. The summed E-state index contributed by atoms with van der Waals surface area (Å²) in [7, 11) is 0. The van der Waals surface area contributed by atoms with Crippen LogP contribution in [-0.2, 0) is 4.79 Å². The smallest absolute Gasteiger partial charge is 0.217 e. The molecule has 0 aromatic carbocycles. The van der Waals surface area contributed by atoms with Gasteiger partial charge in [0.25, 0.3) is 0 Å². The molecule has 1 aliphatic rings. The van der Waals surface area contributed by atoms with E-state index in [1.54, 1.807) is 11.8 Å². The number of aliphatic imine (C=N–C) groups is 1. The van der Waals surface area contributed by atoms with Crippen LogP contribution in [0.3, 0.4) is 0 Å². The van der Waals surface area contributed by atoms with Crippen molar-refractivity contribution in [2.75, 3.05) is 18.8 Å². The molecule has 0 unspecified atom stereocenters. The number of carbonyl (C=O) groups is 1. The quantitative estimate of drug-likeness (QED) is 0.630. The van der Waals surface area contributed by atoms with Crippen molar-refractivity contribution in [3.63, 3.8) is 0 Å². The fourth-order valence-electron chi connectivity index (χ4n) is 1.06. The molecule has 1 amide bonds. The first-order chi connectivity index (χ1) is 6.29. The van der Waals surface area contributed by atoms with Gasteiger partial charge < -0.3 is 11.1 Å². The third-order valence-corrected chi connectivity index (χ3v) is 2.65. The average molecular weight is 201 g/mol. The molecular weight excluding hydrogens is 186 g/mol. The fraction of sp³-hybridized carbons (Fsp3) is 0.750. The van der Waals surface area contributed by atoms with Gasteiger partial charge in [0.2, 0.25) is 5.91 Å². The lowest BCUT2D eigenvalue weighted by Crippen LogP contribution is -2.20. The van der Waals surface area contributed by atoms with Crippen LogP contribution in [0, 0.1) is 0 Å². The topological polar surface area (TPSA) is 67.5 Å². The molecule has 0 saturated heterocycles. The van der Waals surface area contributed by atoms with Gasteiger partial charge in [-0.1, -0.05) is 11.8 Å². The number of rotatable bonds is 5. The van der Waals surface area contributed by atoms with Crippen molar-refractivity contribution in [3.05, 3.63) is 0 Å². The number of hydrogen-bond acceptors (Lipinski definition) is 4. The number of nitrogens with two attached hydrogens (primary N) is 1. The fourth-order valence-corrected chi connectivity index (χ4v) is 1.82. The first-order valence-electron chi connectivity index (χ1n) is 4.48. The maximum Gasteiger partial charge on any atom is 0.217 e. The first kappa shape index (κ1) is 10.4. The largest absolute Gasteiger partial charge is 0.370 e. The van der Waals surface area contributed by atoms with Crippen LogP contribution in [0.1, 0.15) is 19.3 Å². The number of primary amides is 1. The van der Waals surface area contributed by atoms with E-state index in [4.69, 9.17) is 5.73 Å². The van der Waals surface area contributed by atoms with Gasteiger partial charge in [0.1, 0.15) is 0 Å². The predicted molar refractivity (Wildman–Crippen MR) is 55.8 cm³/mol. The molecule has 1 heterocycles. The first-order valence-corrected chi connectivity index (χ1v) is 5.47. The van der Waals surface area contributed by atoms with Crippen molar-refractivity contribution in [1.82, 2.24) is 5.32 Å². The van der Waals surface area contributed by atoms with Crippen LogP contribution < -0.4 is 11.1 Å². The molecule has 1 rings (SSSR count). The SMILES string of the molecule is NC(=O)CCCCNC1=NCCS1. The molecule has 0 radical (unpaired) electrons. The Hall–Kier alpha value is -0.710. The van der Waals surface area contributed by atoms with Gasteiger partial charge in [-0.2, -0.15) is 0 Å². The zero-order chi connectivity index (χ0) is 9.52. The van der Waals surface area contributed by atoms with Crippen LogP contribution in [0.25, 0.3) is 0 Å². The van der Waals surface area contributed by atoms with Crippen molar-refractivity contribution >= 4 is 22.8 Å². The molecular formula is C8H15N3OS. The Morgan fingerprint density at radius 1 is 1.62 bits per heavy atom. The Balaban J connectivity index is 1.92. The monoisotopic (exact) mass is 201 g/mol. The molecule has 0 bridgehead atoms. The van der Waals surface area contributed by atoms with E-state index >= 15 is 0 Å². The van der Waals surface area contributed by atoms with Gasteiger partial charge in [-0.05, 0) is 12.8 Å². The van der Waals surface area contributed by atoms with Gasteiger partial charge in [-0.15, -0.1) is 0 Å². The van der Waals surface area contributed by atoms with E-state index in [1.807, 2.05) is 0 Å². The Morgan fingerprint density at radius 2 is 2.46 bits per heavy atom. The van der Waals surface area contributed by atoms with Gasteiger partial charge in [-0.25, -0.2) is 0 Å². The van der Waals surface area contributed by atoms with E-state index in [9.17, 15) is 4.79 Å². The summed E-state index contributed by atoms with van der Waals surface area (Å²) in [5.74, 6) is 0.872. The van der Waals surface area contributed by atoms with Crippen molar-refractivity contribution in [3.8, 4) is 0 Å². The highest BCUT2D eigenvalue weighted by Crippen LogP contribution is 2.08. The maximum absolute atomic E-state index is 10.4. The number of carbonyl (C=O) groups excluding carboxylic acids is 1. The highest BCUT2D eigenvalue weighted by molar-refractivity contribution is 8.14. The van der Waals surface area contributed by atoms with E-state index in [2.05, 4.69) is 10.3 Å². The van der Waals surface area contributed by atoms with E-state index in [1.165, 1.54) is 0 Å². The van der Waals surface area contributed by atoms with Gasteiger partial charge in [0.05, 0.1) is 6.54 Å². The third kappa shape index (κ3) is 4.77. The van der Waals surface area contributed by atoms with E-state index in [0.717, 1.165) is 36.9 Å². The van der Waals surface area contributed by atoms with E-state index < -0.39 is 0 Å². The molecule has 5 heteroatoms. The second kappa shape index (κ2) is 5.85. The third-order valence-electron chi connectivity index (χ3n) is 1.71. The van der Waals surface area contributed by atoms with Crippen LogP contribution in [0.4, 0.5) is 0 Å². The highest BCUT2D eigenvalue weighted by Gasteiger charge is 2.04. The molecule has 3 N–H and O–H groups in total. The molecule has 0 aliphatic carbocycles. The van der Waals surface area contributed by atoms with Crippen molar-refractivity contribution in [1.29, 1.82) is 0 Å². The van der Waals surface area contributed by atoms with Crippen LogP contribution >= 0.6 is 11.8 Å². The van der Waals surface area contributed by atoms with Gasteiger partial charge in [0, 0.05) is 18.7 Å². The van der Waals surface area contributed by atoms with Crippen LogP contribution in [0.5, 0.6) is 0 Å². The normalized spacial score (nSPS) is 15.5. The molecule has 1 aliphatic heterocycles. The predicted octanol–water partition coefficient (Wildman–Crippen LogP) is 0.334. The second-order valence-electron chi connectivity index (χ2n) is 2.89. The summed E-state index contributed by atoms with van der Waals surface area (Å²) in [5.41, 5.74) is 5.01. The second-order valence-corrected chi connectivity index (χ2v) is 3.97. The lowest BCUT2D eigenvalue weighted by Gasteiger charge is -2.03. The number of amides is 1. The number of nitrogens with zero attached hydrogens (tertiary/aromatic N) is 1. The zero-order valence-corrected chi connectivity index (χ0v) is 8.40. The number of thioether (sulfide) groups is 1. The van der Waals surface area contributed by atoms with E-state index in [0.29, 0.717) is 6.42 Å². The lowest BCUT2D eigenvalue weighted by atomic mass is 10.2. The summed E-state index contributed by atoms with van der Waals surface area (Å²) in [6.07, 6.45) is 2.32. The Labute approximate surface area is 82.4 Å². The molecule has 0 atom stereocenters. The summed E-state index contributed by atoms with van der Waals surface area (Å²) >= 11 is 1.75. The number of unbranched alkanes of at least 4 members (excludes halogenated alkanes) is 1. The molecule has 4 nitrogen and oxygen atoms in total. The summed E-state index contributed by atoms with van der Waals surface area (Å²) in [6.45, 7) is 1.81. The number of hydrogen-bond donors (Lipinski definition) is 2. The van der Waals surface area contributed by atoms with Gasteiger partial charge in [0.15, 0.2) is 5.17 Å². The summed E-state index contributed by atoms with van der Waals surface area (Å²) in [5, 5.41) is 4.26. The molecule has 0 aromatic rings. The molecule has 0 spiro atoms. The summed E-state index contributed by atoms with van der Waals surface area (Å²) in [4.78, 5) is 14.6. The minimum absolute atomic E-state index is 0.215. The molecule has 0 fully saturated rings. The standard InChI is InChI=1S/C8H15N3OS/c9-7(12)3-1-2-4-10-8-11-5-6-13-8/h1-6H2,(H2,9,12)(H,10,11). The van der Waals surface area contributed by atoms with Crippen LogP contribution in [0.15, 0.2) is 4.99 Å². The number of nitrogens with one attached hydrogen (secondary N) is 1. The Morgan fingerprint density at radius 3 is 3.08 bits per heavy atom. The number of amidine groups is 1. The molecule has 0 aromatic heterocycles. The summed E-state index contributed by atoms with van der Waals surface area (Å²) < 4.78 is 0. The Kier molecular flexibility index (Phi) is 4.67. The van der Waals surface area contributed by atoms with Crippen molar-refractivity contribution < 1.29 is 4.79 Å². The van der Waals surface area contributed by atoms with E-state index in [-0.39, 0.29) is 5.91 Å².